The summed E-state index contributed by atoms with van der Waals surface area (Å²) in [5.41, 5.74) is 2.88. The first-order valence-electron chi connectivity index (χ1n) is 10.8. The number of nitrogens with one attached hydrogen (secondary N) is 1. The number of carbonyl (C=O) groups is 1. The minimum atomic E-state index is -0.402. The zero-order chi connectivity index (χ0) is 22.7. The molecule has 0 bridgehead atoms. The van der Waals surface area contributed by atoms with Gasteiger partial charge in [-0.25, -0.2) is 9.37 Å². The fourth-order valence-corrected chi connectivity index (χ4v) is 4.36. The van der Waals surface area contributed by atoms with Crippen molar-refractivity contribution < 1.29 is 9.18 Å². The Kier molecular flexibility index (Phi) is 6.70. The van der Waals surface area contributed by atoms with Gasteiger partial charge in [-0.05, 0) is 56.0 Å². The van der Waals surface area contributed by atoms with Crippen LogP contribution in [0.5, 0.6) is 0 Å². The van der Waals surface area contributed by atoms with Crippen LogP contribution in [0.15, 0.2) is 54.9 Å². The minimum Gasteiger partial charge on any atom is -0.368 e. The first kappa shape index (κ1) is 22.2. The van der Waals surface area contributed by atoms with Crippen LogP contribution >= 0.6 is 11.6 Å². The maximum atomic E-state index is 13.8. The van der Waals surface area contributed by atoms with E-state index in [4.69, 9.17) is 11.6 Å². The zero-order valence-electron chi connectivity index (χ0n) is 18.2. The molecule has 2 unspecified atom stereocenters. The Bertz CT molecular complexity index is 1090. The highest BCUT2D eigenvalue weighted by atomic mass is 35.5. The van der Waals surface area contributed by atoms with E-state index in [1.54, 1.807) is 18.3 Å². The van der Waals surface area contributed by atoms with E-state index < -0.39 is 5.82 Å². The molecular weight excluding hydrogens is 427 g/mol. The molecule has 5 nitrogen and oxygen atoms in total. The summed E-state index contributed by atoms with van der Waals surface area (Å²) in [5, 5.41) is 3.94. The molecule has 0 radical (unpaired) electrons. The Morgan fingerprint density at radius 2 is 2.03 bits per heavy atom. The van der Waals surface area contributed by atoms with Crippen LogP contribution in [0, 0.1) is 18.7 Å². The summed E-state index contributed by atoms with van der Waals surface area (Å²) in [6, 6.07) is 12.4. The second-order valence-electron chi connectivity index (χ2n) is 8.34. The molecule has 3 heterocycles. The van der Waals surface area contributed by atoms with Crippen molar-refractivity contribution in [1.29, 1.82) is 0 Å². The van der Waals surface area contributed by atoms with Crippen LogP contribution in [-0.4, -0.2) is 39.9 Å². The number of carbonyl (C=O) groups excluding carboxylic acids is 1. The number of piperidine rings is 1. The van der Waals surface area contributed by atoms with E-state index in [1.807, 2.05) is 36.1 Å². The number of amides is 1. The summed E-state index contributed by atoms with van der Waals surface area (Å²) in [6.45, 7) is 5.42. The number of benzene rings is 1. The number of aromatic nitrogens is 2. The van der Waals surface area contributed by atoms with Crippen LogP contribution in [0.4, 0.5) is 10.2 Å². The fourth-order valence-electron chi connectivity index (χ4n) is 4.25. The smallest absolute Gasteiger partial charge is 0.254 e. The summed E-state index contributed by atoms with van der Waals surface area (Å²) in [5.74, 6) is 0.633. The highest BCUT2D eigenvalue weighted by molar-refractivity contribution is 6.30. The molecule has 1 fully saturated rings. The lowest BCUT2D eigenvalue weighted by atomic mass is 9.89. The van der Waals surface area contributed by atoms with Gasteiger partial charge in [0.05, 0.1) is 23.0 Å². The van der Waals surface area contributed by atoms with Crippen LogP contribution in [0.2, 0.25) is 5.02 Å². The van der Waals surface area contributed by atoms with Crippen LogP contribution in [0.1, 0.15) is 35.7 Å². The molecule has 1 aliphatic heterocycles. The van der Waals surface area contributed by atoms with Gasteiger partial charge in [0.1, 0.15) is 11.6 Å². The Morgan fingerprint density at radius 1 is 1.19 bits per heavy atom. The van der Waals surface area contributed by atoms with Crippen LogP contribution in [0.25, 0.3) is 11.3 Å². The van der Waals surface area contributed by atoms with E-state index in [0.29, 0.717) is 40.9 Å². The maximum absolute atomic E-state index is 13.8. The maximum Gasteiger partial charge on any atom is 0.254 e. The van der Waals surface area contributed by atoms with E-state index in [0.717, 1.165) is 24.2 Å². The summed E-state index contributed by atoms with van der Waals surface area (Å²) < 4.78 is 13.4. The number of aryl methyl sites for hydroxylation is 1. The monoisotopic (exact) mass is 452 g/mol. The molecule has 32 heavy (non-hydrogen) atoms. The van der Waals surface area contributed by atoms with E-state index in [9.17, 15) is 9.18 Å². The molecule has 1 aromatic carbocycles. The molecule has 3 aromatic rings. The van der Waals surface area contributed by atoms with Gasteiger partial charge in [-0.15, -0.1) is 0 Å². The predicted molar refractivity (Wildman–Crippen MR) is 125 cm³/mol. The summed E-state index contributed by atoms with van der Waals surface area (Å²) in [4.78, 5) is 24.3. The van der Waals surface area contributed by atoms with Gasteiger partial charge < -0.3 is 10.2 Å². The third kappa shape index (κ3) is 4.91. The summed E-state index contributed by atoms with van der Waals surface area (Å²) in [6.07, 6.45) is 4.80. The quantitative estimate of drug-likeness (QED) is 0.547. The standard InChI is InChI=1S/C25H26ClFN4O/c1-16-5-8-20(22-9-7-19(27)14-28-22)21(12-16)25(32)31-11-3-4-17(2)23(31)15-30-24-10-6-18(26)13-29-24/h5-10,12-14,17,23H,3-4,11,15H2,1-2H3,(H,29,30). The normalized spacial score (nSPS) is 18.4. The lowest BCUT2D eigenvalue weighted by molar-refractivity contribution is 0.0540. The van der Waals surface area contributed by atoms with Gasteiger partial charge >= 0.3 is 0 Å². The van der Waals surface area contributed by atoms with Gasteiger partial charge in [0, 0.05) is 30.4 Å². The topological polar surface area (TPSA) is 58.1 Å². The van der Waals surface area contributed by atoms with Crippen molar-refractivity contribution in [3.05, 3.63) is 76.8 Å². The van der Waals surface area contributed by atoms with Crippen molar-refractivity contribution in [2.75, 3.05) is 18.4 Å². The minimum absolute atomic E-state index is 0.0169. The van der Waals surface area contributed by atoms with E-state index in [1.165, 1.54) is 12.3 Å². The second kappa shape index (κ2) is 9.65. The van der Waals surface area contributed by atoms with E-state index in [-0.39, 0.29) is 11.9 Å². The molecule has 4 rings (SSSR count). The fraction of sp³-hybridized carbons (Fsp3) is 0.320. The SMILES string of the molecule is Cc1ccc(-c2ccc(F)cn2)c(C(=O)N2CCCC(C)C2CNc2ccc(Cl)cn2)c1. The van der Waals surface area contributed by atoms with Crippen molar-refractivity contribution in [3.8, 4) is 11.3 Å². The molecule has 1 N–H and O–H groups in total. The second-order valence-corrected chi connectivity index (χ2v) is 8.78. The Morgan fingerprint density at radius 3 is 2.75 bits per heavy atom. The highest BCUT2D eigenvalue weighted by Crippen LogP contribution is 2.29. The van der Waals surface area contributed by atoms with Crippen LogP contribution in [0.3, 0.4) is 0 Å². The zero-order valence-corrected chi connectivity index (χ0v) is 18.9. The molecule has 2 atom stereocenters. The third-order valence-corrected chi connectivity index (χ3v) is 6.23. The molecule has 0 saturated carbocycles. The average molecular weight is 453 g/mol. The molecule has 0 aliphatic carbocycles. The van der Waals surface area contributed by atoms with Crippen molar-refractivity contribution in [1.82, 2.24) is 14.9 Å². The van der Waals surface area contributed by atoms with Gasteiger partial charge in [0.15, 0.2) is 0 Å². The molecular formula is C25H26ClFN4O. The first-order chi connectivity index (χ1) is 15.4. The molecule has 1 amide bonds. The number of hydrogen-bond acceptors (Lipinski definition) is 4. The number of pyridine rings is 2. The Hall–Kier alpha value is -2.99. The number of rotatable bonds is 5. The van der Waals surface area contributed by atoms with Gasteiger partial charge in [-0.3, -0.25) is 9.78 Å². The molecule has 166 valence electrons. The number of anilines is 1. The van der Waals surface area contributed by atoms with Crippen molar-refractivity contribution >= 4 is 23.3 Å². The highest BCUT2D eigenvalue weighted by Gasteiger charge is 2.33. The van der Waals surface area contributed by atoms with Gasteiger partial charge in [0.25, 0.3) is 5.91 Å². The number of nitrogens with zero attached hydrogens (tertiary/aromatic N) is 3. The van der Waals surface area contributed by atoms with E-state index >= 15 is 0 Å². The number of halogens is 2. The van der Waals surface area contributed by atoms with Gasteiger partial charge in [-0.1, -0.05) is 36.2 Å². The molecule has 1 saturated heterocycles. The van der Waals surface area contributed by atoms with Crippen molar-refractivity contribution in [3.63, 3.8) is 0 Å². The Labute approximate surface area is 192 Å². The van der Waals surface area contributed by atoms with Crippen molar-refractivity contribution in [2.45, 2.75) is 32.7 Å². The van der Waals surface area contributed by atoms with Crippen LogP contribution in [-0.2, 0) is 0 Å². The lowest BCUT2D eigenvalue weighted by Crippen LogP contribution is -2.51. The van der Waals surface area contributed by atoms with Crippen molar-refractivity contribution in [2.24, 2.45) is 5.92 Å². The predicted octanol–water partition coefficient (Wildman–Crippen LogP) is 5.60. The number of likely N-dealkylation sites (tertiary alicyclic amines) is 1. The van der Waals surface area contributed by atoms with E-state index in [2.05, 4.69) is 22.2 Å². The largest absolute Gasteiger partial charge is 0.368 e. The Balaban J connectivity index is 1.62. The summed E-state index contributed by atoms with van der Waals surface area (Å²) >= 11 is 5.93. The molecule has 2 aromatic heterocycles. The lowest BCUT2D eigenvalue weighted by Gasteiger charge is -2.40. The number of hydrogen-bond donors (Lipinski definition) is 1. The third-order valence-electron chi connectivity index (χ3n) is 6.01. The van der Waals surface area contributed by atoms with Gasteiger partial charge in [0.2, 0.25) is 0 Å². The molecule has 7 heteroatoms. The van der Waals surface area contributed by atoms with Crippen LogP contribution < -0.4 is 5.32 Å². The molecule has 1 aliphatic rings. The average Bonchev–Trinajstić information content (AvgIpc) is 2.79. The van der Waals surface area contributed by atoms with Gasteiger partial charge in [-0.2, -0.15) is 0 Å². The molecule has 0 spiro atoms. The first-order valence-corrected chi connectivity index (χ1v) is 11.2. The summed E-state index contributed by atoms with van der Waals surface area (Å²) in [7, 11) is 0.